The van der Waals surface area contributed by atoms with Crippen LogP contribution in [0.5, 0.6) is 0 Å². The van der Waals surface area contributed by atoms with Crippen molar-refractivity contribution in [3.63, 3.8) is 0 Å². The molecule has 0 aliphatic heterocycles. The maximum atomic E-state index is 11.3. The van der Waals surface area contributed by atoms with Gasteiger partial charge in [-0.15, -0.1) is 0 Å². The van der Waals surface area contributed by atoms with Crippen LogP contribution in [0.15, 0.2) is 17.4 Å². The van der Waals surface area contributed by atoms with E-state index in [1.165, 1.54) is 11.8 Å². The van der Waals surface area contributed by atoms with Gasteiger partial charge in [-0.25, -0.2) is 4.98 Å². The molecule has 0 bridgehead atoms. The van der Waals surface area contributed by atoms with E-state index in [0.717, 1.165) is 0 Å². The van der Waals surface area contributed by atoms with E-state index < -0.39 is 11.9 Å². The summed E-state index contributed by atoms with van der Waals surface area (Å²) in [6, 6.07) is 0. The summed E-state index contributed by atoms with van der Waals surface area (Å²) < 4.78 is 4.84. The van der Waals surface area contributed by atoms with Crippen LogP contribution in [-0.2, 0) is 14.3 Å². The van der Waals surface area contributed by atoms with Crippen LogP contribution >= 0.6 is 11.8 Å². The summed E-state index contributed by atoms with van der Waals surface area (Å²) in [6.07, 6.45) is 3.12. The fraction of sp³-hybridized carbons (Fsp3) is 0.538. The molecule has 1 aromatic heterocycles. The van der Waals surface area contributed by atoms with Gasteiger partial charge in [0.25, 0.3) is 0 Å². The number of carboxylic acid groups (broad SMARTS) is 1. The Morgan fingerprint density at radius 2 is 2.19 bits per heavy atom. The van der Waals surface area contributed by atoms with Gasteiger partial charge in [0.05, 0.1) is 30.7 Å². The summed E-state index contributed by atoms with van der Waals surface area (Å²) in [5, 5.41) is 9.50. The van der Waals surface area contributed by atoms with E-state index in [4.69, 9.17) is 9.84 Å². The minimum atomic E-state index is -0.859. The number of esters is 1. The minimum absolute atomic E-state index is 0.168. The van der Waals surface area contributed by atoms with Crippen molar-refractivity contribution in [2.24, 2.45) is 5.92 Å². The number of aliphatic carboxylic acids is 1. The van der Waals surface area contributed by atoms with Crippen molar-refractivity contribution in [3.05, 3.63) is 12.4 Å². The molecule has 1 aromatic rings. The van der Waals surface area contributed by atoms with Crippen LogP contribution in [0.1, 0.15) is 13.8 Å². The fourth-order valence-corrected chi connectivity index (χ4v) is 2.15. The van der Waals surface area contributed by atoms with Crippen molar-refractivity contribution in [1.29, 1.82) is 0 Å². The van der Waals surface area contributed by atoms with Crippen LogP contribution in [0.4, 0.5) is 5.82 Å². The first-order valence-electron chi connectivity index (χ1n) is 6.48. The zero-order chi connectivity index (χ0) is 15.8. The minimum Gasteiger partial charge on any atom is -0.481 e. The smallest absolute Gasteiger partial charge is 0.316 e. The first-order valence-corrected chi connectivity index (χ1v) is 7.47. The third-order valence-corrected chi connectivity index (χ3v) is 3.48. The lowest BCUT2D eigenvalue weighted by Crippen LogP contribution is -2.29. The van der Waals surface area contributed by atoms with Crippen molar-refractivity contribution < 1.29 is 19.4 Å². The Morgan fingerprint density at radius 1 is 1.48 bits per heavy atom. The molecular weight excluding hydrogens is 294 g/mol. The molecule has 0 aromatic carbocycles. The molecular formula is C13H19N3O4S. The number of aromatic nitrogens is 2. The molecule has 0 saturated carbocycles. The molecule has 0 amide bonds. The van der Waals surface area contributed by atoms with E-state index in [1.807, 2.05) is 0 Å². The molecule has 0 aliphatic rings. The maximum Gasteiger partial charge on any atom is 0.316 e. The Morgan fingerprint density at radius 3 is 2.81 bits per heavy atom. The second-order valence-electron chi connectivity index (χ2n) is 4.43. The van der Waals surface area contributed by atoms with Gasteiger partial charge in [-0.2, -0.15) is 0 Å². The van der Waals surface area contributed by atoms with Crippen molar-refractivity contribution >= 4 is 29.5 Å². The Hall–Kier alpha value is -1.83. The predicted molar refractivity (Wildman–Crippen MR) is 79.5 cm³/mol. The van der Waals surface area contributed by atoms with Crippen LogP contribution < -0.4 is 4.90 Å². The molecule has 7 nitrogen and oxygen atoms in total. The summed E-state index contributed by atoms with van der Waals surface area (Å²) in [6.45, 7) is 4.06. The van der Waals surface area contributed by atoms with E-state index in [-0.39, 0.29) is 11.7 Å². The molecule has 0 aliphatic carbocycles. The average Bonchev–Trinajstić information content (AvgIpc) is 2.45. The lowest BCUT2D eigenvalue weighted by molar-refractivity contribution is -0.141. The maximum absolute atomic E-state index is 11.3. The Bertz CT molecular complexity index is 498. The van der Waals surface area contributed by atoms with E-state index in [0.29, 0.717) is 24.0 Å². The molecule has 0 saturated heterocycles. The number of carbonyl (C=O) groups excluding carboxylic acids is 1. The SMILES string of the molecule is CCOC(=O)CSc1cncc(N(C)CC(C)C(=O)O)n1. The van der Waals surface area contributed by atoms with Crippen molar-refractivity contribution in [2.45, 2.75) is 18.9 Å². The lowest BCUT2D eigenvalue weighted by Gasteiger charge is -2.20. The largest absolute Gasteiger partial charge is 0.481 e. The molecule has 8 heteroatoms. The van der Waals surface area contributed by atoms with Crippen LogP contribution in [0.2, 0.25) is 0 Å². The van der Waals surface area contributed by atoms with Crippen LogP contribution in [0.3, 0.4) is 0 Å². The normalized spacial score (nSPS) is 11.8. The number of hydrogen-bond donors (Lipinski definition) is 1. The van der Waals surface area contributed by atoms with Crippen LogP contribution in [-0.4, -0.2) is 53.0 Å². The highest BCUT2D eigenvalue weighted by atomic mass is 32.2. The van der Waals surface area contributed by atoms with Gasteiger partial charge in [-0.3, -0.25) is 14.6 Å². The van der Waals surface area contributed by atoms with Crippen molar-refractivity contribution in [1.82, 2.24) is 9.97 Å². The first-order chi connectivity index (χ1) is 9.93. The third kappa shape index (κ3) is 5.99. The molecule has 21 heavy (non-hydrogen) atoms. The molecule has 1 unspecified atom stereocenters. The van der Waals surface area contributed by atoms with Crippen LogP contribution in [0, 0.1) is 5.92 Å². The van der Waals surface area contributed by atoms with Gasteiger partial charge in [-0.05, 0) is 6.92 Å². The second kappa shape index (κ2) is 8.46. The van der Waals surface area contributed by atoms with E-state index >= 15 is 0 Å². The number of ether oxygens (including phenoxy) is 1. The molecule has 1 heterocycles. The number of hydrogen-bond acceptors (Lipinski definition) is 7. The monoisotopic (exact) mass is 313 g/mol. The zero-order valence-corrected chi connectivity index (χ0v) is 13.1. The summed E-state index contributed by atoms with van der Waals surface area (Å²) in [4.78, 5) is 32.3. The second-order valence-corrected chi connectivity index (χ2v) is 5.42. The lowest BCUT2D eigenvalue weighted by atomic mass is 10.2. The molecule has 1 atom stereocenters. The summed E-state index contributed by atoms with van der Waals surface area (Å²) in [5.74, 6) is -0.934. The van der Waals surface area contributed by atoms with E-state index in [9.17, 15) is 9.59 Å². The average molecular weight is 313 g/mol. The van der Waals surface area contributed by atoms with Crippen molar-refractivity contribution in [2.75, 3.05) is 30.9 Å². The Labute approximate surface area is 127 Å². The van der Waals surface area contributed by atoms with Gasteiger partial charge in [-0.1, -0.05) is 18.7 Å². The van der Waals surface area contributed by atoms with E-state index in [2.05, 4.69) is 9.97 Å². The summed E-state index contributed by atoms with van der Waals surface area (Å²) in [5.41, 5.74) is 0. The highest BCUT2D eigenvalue weighted by Gasteiger charge is 2.15. The zero-order valence-electron chi connectivity index (χ0n) is 12.3. The van der Waals surface area contributed by atoms with Crippen molar-refractivity contribution in [3.8, 4) is 0 Å². The van der Waals surface area contributed by atoms with Gasteiger partial charge in [0, 0.05) is 13.6 Å². The number of anilines is 1. The van der Waals surface area contributed by atoms with Gasteiger partial charge in [0.15, 0.2) is 0 Å². The topological polar surface area (TPSA) is 92.6 Å². The molecule has 116 valence electrons. The molecule has 0 radical (unpaired) electrons. The van der Waals surface area contributed by atoms with Gasteiger partial charge < -0.3 is 14.7 Å². The fourth-order valence-electron chi connectivity index (χ4n) is 1.51. The molecule has 0 spiro atoms. The van der Waals surface area contributed by atoms with Crippen LogP contribution in [0.25, 0.3) is 0 Å². The number of thioether (sulfide) groups is 1. The molecule has 1 N–H and O–H groups in total. The quantitative estimate of drug-likeness (QED) is 0.567. The Balaban J connectivity index is 2.63. The predicted octanol–water partition coefficient (Wildman–Crippen LogP) is 1.29. The van der Waals surface area contributed by atoms with Gasteiger partial charge in [0.1, 0.15) is 10.8 Å². The number of nitrogens with zero attached hydrogens (tertiary/aromatic N) is 3. The summed E-state index contributed by atoms with van der Waals surface area (Å²) in [7, 11) is 1.75. The number of carbonyl (C=O) groups is 2. The standard InChI is InChI=1S/C13H19N3O4S/c1-4-20-12(17)8-21-11-6-14-5-10(15-11)16(3)7-9(2)13(18)19/h5-6,9H,4,7-8H2,1-3H3,(H,18,19). The third-order valence-electron chi connectivity index (χ3n) is 2.60. The molecule has 0 fully saturated rings. The van der Waals surface area contributed by atoms with E-state index in [1.54, 1.807) is 38.2 Å². The summed E-state index contributed by atoms with van der Waals surface area (Å²) >= 11 is 1.23. The van der Waals surface area contributed by atoms with Gasteiger partial charge in [0.2, 0.25) is 0 Å². The first kappa shape index (κ1) is 17.2. The number of rotatable bonds is 8. The van der Waals surface area contributed by atoms with Gasteiger partial charge >= 0.3 is 11.9 Å². The Kier molecular flexibility index (Phi) is 6.93. The number of carboxylic acids is 1. The highest BCUT2D eigenvalue weighted by Crippen LogP contribution is 2.18. The molecule has 1 rings (SSSR count). The highest BCUT2D eigenvalue weighted by molar-refractivity contribution is 7.99.